The number of nitrogens with one attached hydrogen (secondary N) is 1. The molecule has 0 heterocycles. The van der Waals surface area contributed by atoms with E-state index in [-0.39, 0.29) is 0 Å². The highest BCUT2D eigenvalue weighted by Gasteiger charge is 2.17. The van der Waals surface area contributed by atoms with E-state index in [2.05, 4.69) is 58.9 Å². The fraction of sp³-hybridized carbons (Fsp3) is 1.00. The molecule has 0 rings (SSSR count). The molecule has 18 heavy (non-hydrogen) atoms. The van der Waals surface area contributed by atoms with E-state index in [1.807, 2.05) is 0 Å². The van der Waals surface area contributed by atoms with Gasteiger partial charge in [0.05, 0.1) is 0 Å². The fourth-order valence-electron chi connectivity index (χ4n) is 2.54. The summed E-state index contributed by atoms with van der Waals surface area (Å²) >= 11 is 0. The van der Waals surface area contributed by atoms with E-state index in [1.54, 1.807) is 0 Å². The van der Waals surface area contributed by atoms with Crippen LogP contribution in [0.25, 0.3) is 0 Å². The van der Waals surface area contributed by atoms with Gasteiger partial charge in [0.2, 0.25) is 0 Å². The normalized spacial score (nSPS) is 17.2. The Bertz CT molecular complexity index is 180. The van der Waals surface area contributed by atoms with Crippen LogP contribution in [0.1, 0.15) is 60.3 Å². The molecule has 0 aliphatic rings. The van der Waals surface area contributed by atoms with Gasteiger partial charge >= 0.3 is 0 Å². The lowest BCUT2D eigenvalue weighted by Crippen LogP contribution is -2.45. The Hall–Kier alpha value is -0.0800. The summed E-state index contributed by atoms with van der Waals surface area (Å²) in [6, 6.07) is 1.32. The van der Waals surface area contributed by atoms with E-state index in [9.17, 15) is 0 Å². The quantitative estimate of drug-likeness (QED) is 0.640. The predicted octanol–water partition coefficient (Wildman–Crippen LogP) is 3.77. The third kappa shape index (κ3) is 8.93. The Morgan fingerprint density at radius 1 is 0.889 bits per heavy atom. The Labute approximate surface area is 116 Å². The van der Waals surface area contributed by atoms with Gasteiger partial charge in [0.1, 0.15) is 0 Å². The molecule has 0 saturated carbocycles. The van der Waals surface area contributed by atoms with Crippen LogP contribution in [0.4, 0.5) is 0 Å². The summed E-state index contributed by atoms with van der Waals surface area (Å²) in [7, 11) is 4.34. The summed E-state index contributed by atoms with van der Waals surface area (Å²) < 4.78 is 0. The smallest absolute Gasteiger partial charge is 0.0199 e. The Morgan fingerprint density at radius 2 is 1.50 bits per heavy atom. The first-order chi connectivity index (χ1) is 8.38. The Kier molecular flexibility index (Phi) is 9.76. The highest BCUT2D eigenvalue weighted by atomic mass is 15.1. The van der Waals surface area contributed by atoms with Crippen molar-refractivity contribution in [2.75, 3.05) is 20.6 Å². The van der Waals surface area contributed by atoms with Gasteiger partial charge < -0.3 is 10.2 Å². The van der Waals surface area contributed by atoms with E-state index in [0.717, 1.165) is 18.4 Å². The van der Waals surface area contributed by atoms with Crippen LogP contribution in [-0.4, -0.2) is 37.6 Å². The molecule has 0 spiro atoms. The van der Waals surface area contributed by atoms with Gasteiger partial charge in [-0.25, -0.2) is 0 Å². The molecule has 1 N–H and O–H groups in total. The molecule has 2 nitrogen and oxygen atoms in total. The third-order valence-corrected chi connectivity index (χ3v) is 3.69. The maximum atomic E-state index is 3.89. The molecule has 0 amide bonds. The Morgan fingerprint density at radius 3 is 1.89 bits per heavy atom. The lowest BCUT2D eigenvalue weighted by atomic mass is 9.95. The van der Waals surface area contributed by atoms with Gasteiger partial charge in [0.15, 0.2) is 0 Å². The lowest BCUT2D eigenvalue weighted by Gasteiger charge is -2.30. The molecule has 2 heteroatoms. The highest BCUT2D eigenvalue weighted by Crippen LogP contribution is 2.14. The molecule has 0 radical (unpaired) electrons. The largest absolute Gasteiger partial charge is 0.310 e. The van der Waals surface area contributed by atoms with Gasteiger partial charge in [-0.1, -0.05) is 41.0 Å². The van der Waals surface area contributed by atoms with Crippen LogP contribution in [0.3, 0.4) is 0 Å². The molecule has 3 atom stereocenters. The van der Waals surface area contributed by atoms with Crippen molar-refractivity contribution in [2.45, 2.75) is 72.4 Å². The average Bonchev–Trinajstić information content (AvgIpc) is 2.25. The van der Waals surface area contributed by atoms with Crippen molar-refractivity contribution in [3.8, 4) is 0 Å². The van der Waals surface area contributed by atoms with Crippen molar-refractivity contribution in [1.29, 1.82) is 0 Å². The van der Waals surface area contributed by atoms with Crippen molar-refractivity contribution in [3.05, 3.63) is 0 Å². The van der Waals surface area contributed by atoms with E-state index >= 15 is 0 Å². The second-order valence-electron chi connectivity index (χ2n) is 6.61. The summed E-state index contributed by atoms with van der Waals surface area (Å²) in [4.78, 5) is 2.30. The highest BCUT2D eigenvalue weighted by molar-refractivity contribution is 4.77. The van der Waals surface area contributed by atoms with Crippen molar-refractivity contribution in [1.82, 2.24) is 10.2 Å². The summed E-state index contributed by atoms with van der Waals surface area (Å²) in [5.74, 6) is 1.60. The summed E-state index contributed by atoms with van der Waals surface area (Å²) in [5.41, 5.74) is 0. The molecule has 110 valence electrons. The predicted molar refractivity (Wildman–Crippen MR) is 83.1 cm³/mol. The zero-order chi connectivity index (χ0) is 14.1. The van der Waals surface area contributed by atoms with Crippen LogP contribution in [-0.2, 0) is 0 Å². The molecular weight excluding hydrogens is 220 g/mol. The summed E-state index contributed by atoms with van der Waals surface area (Å²) in [5, 5.41) is 3.89. The second kappa shape index (κ2) is 9.80. The minimum atomic E-state index is 0.633. The van der Waals surface area contributed by atoms with E-state index in [4.69, 9.17) is 0 Å². The fourth-order valence-corrected chi connectivity index (χ4v) is 2.54. The monoisotopic (exact) mass is 256 g/mol. The number of likely N-dealkylation sites (N-methyl/N-ethyl adjacent to an activating group) is 1. The first-order valence-corrected chi connectivity index (χ1v) is 7.79. The average molecular weight is 256 g/mol. The first kappa shape index (κ1) is 17.9. The van der Waals surface area contributed by atoms with Gasteiger partial charge in [-0.3, -0.25) is 0 Å². The lowest BCUT2D eigenvalue weighted by molar-refractivity contribution is 0.266. The summed E-state index contributed by atoms with van der Waals surface area (Å²) in [6.07, 6.45) is 5.12. The van der Waals surface area contributed by atoms with E-state index in [0.29, 0.717) is 12.1 Å². The van der Waals surface area contributed by atoms with Gasteiger partial charge in [0, 0.05) is 18.6 Å². The number of hydrogen-bond acceptors (Lipinski definition) is 2. The van der Waals surface area contributed by atoms with Gasteiger partial charge in [-0.2, -0.15) is 0 Å². The van der Waals surface area contributed by atoms with Crippen LogP contribution in [0.2, 0.25) is 0 Å². The SMILES string of the molecule is CCC(C)CC(CC)NC(CC(C)C)CN(C)C. The molecule has 0 fully saturated rings. The zero-order valence-corrected chi connectivity index (χ0v) is 13.8. The molecule has 3 unspecified atom stereocenters. The van der Waals surface area contributed by atoms with Crippen molar-refractivity contribution in [2.24, 2.45) is 11.8 Å². The Balaban J connectivity index is 4.31. The molecule has 0 aromatic rings. The van der Waals surface area contributed by atoms with Crippen LogP contribution >= 0.6 is 0 Å². The third-order valence-electron chi connectivity index (χ3n) is 3.69. The van der Waals surface area contributed by atoms with Gasteiger partial charge in [-0.15, -0.1) is 0 Å². The minimum Gasteiger partial charge on any atom is -0.310 e. The van der Waals surface area contributed by atoms with Crippen LogP contribution in [0.15, 0.2) is 0 Å². The van der Waals surface area contributed by atoms with Crippen molar-refractivity contribution in [3.63, 3.8) is 0 Å². The van der Waals surface area contributed by atoms with E-state index < -0.39 is 0 Å². The standard InChI is InChI=1S/C16H36N2/c1-8-14(5)11-15(9-2)17-16(10-13(3)4)12-18(6)7/h13-17H,8-12H2,1-7H3. The number of nitrogens with zero attached hydrogens (tertiary/aromatic N) is 1. The first-order valence-electron chi connectivity index (χ1n) is 7.79. The minimum absolute atomic E-state index is 0.633. The van der Waals surface area contributed by atoms with Gasteiger partial charge in [0.25, 0.3) is 0 Å². The molecule has 0 aromatic carbocycles. The molecular formula is C16H36N2. The van der Waals surface area contributed by atoms with Crippen LogP contribution < -0.4 is 5.32 Å². The number of hydrogen-bond donors (Lipinski definition) is 1. The maximum absolute atomic E-state index is 3.89. The molecule has 0 saturated heterocycles. The molecule has 0 aliphatic heterocycles. The summed E-state index contributed by atoms with van der Waals surface area (Å²) in [6.45, 7) is 12.8. The zero-order valence-electron chi connectivity index (χ0n) is 13.8. The van der Waals surface area contributed by atoms with Crippen LogP contribution in [0, 0.1) is 11.8 Å². The maximum Gasteiger partial charge on any atom is 0.0199 e. The molecule has 0 aliphatic carbocycles. The van der Waals surface area contributed by atoms with Gasteiger partial charge in [-0.05, 0) is 45.2 Å². The van der Waals surface area contributed by atoms with E-state index in [1.165, 1.54) is 25.7 Å². The van der Waals surface area contributed by atoms with Crippen molar-refractivity contribution >= 4 is 0 Å². The molecule has 0 bridgehead atoms. The number of rotatable bonds is 10. The topological polar surface area (TPSA) is 15.3 Å². The van der Waals surface area contributed by atoms with Crippen LogP contribution in [0.5, 0.6) is 0 Å². The van der Waals surface area contributed by atoms with Crippen molar-refractivity contribution < 1.29 is 0 Å². The second-order valence-corrected chi connectivity index (χ2v) is 6.61. The molecule has 0 aromatic heterocycles.